The molecule has 0 fully saturated rings. The molecule has 0 heterocycles. The first kappa shape index (κ1) is 11.9. The lowest BCUT2D eigenvalue weighted by Crippen LogP contribution is -2.23. The van der Waals surface area contributed by atoms with Crippen LogP contribution in [-0.2, 0) is 0 Å². The number of nitrogens with two attached hydrogens (primary N) is 1. The molecule has 0 spiro atoms. The fraction of sp³-hybridized carbons (Fsp3) is 0.462. The SMILES string of the molecule is CCCC(N)CC(=O)c1ccc(C)cc1. The second-order valence-corrected chi connectivity index (χ2v) is 4.04. The summed E-state index contributed by atoms with van der Waals surface area (Å²) in [6, 6.07) is 7.66. The molecule has 0 aliphatic heterocycles. The quantitative estimate of drug-likeness (QED) is 0.751. The topological polar surface area (TPSA) is 43.1 Å². The maximum Gasteiger partial charge on any atom is 0.164 e. The van der Waals surface area contributed by atoms with Crippen molar-refractivity contribution in [3.05, 3.63) is 35.4 Å². The third-order valence-corrected chi connectivity index (χ3v) is 2.48. The van der Waals surface area contributed by atoms with Crippen LogP contribution >= 0.6 is 0 Å². The number of rotatable bonds is 5. The summed E-state index contributed by atoms with van der Waals surface area (Å²) in [5.74, 6) is 0.149. The molecular formula is C13H19NO. The van der Waals surface area contributed by atoms with E-state index < -0.39 is 0 Å². The molecule has 0 saturated heterocycles. The van der Waals surface area contributed by atoms with E-state index in [1.165, 1.54) is 5.56 Å². The molecule has 0 aliphatic carbocycles. The number of ketones is 1. The zero-order chi connectivity index (χ0) is 11.3. The predicted octanol–water partition coefficient (Wildman–Crippen LogP) is 2.70. The number of carbonyl (C=O) groups is 1. The molecule has 0 bridgehead atoms. The summed E-state index contributed by atoms with van der Waals surface area (Å²) in [6.45, 7) is 4.09. The van der Waals surface area contributed by atoms with Crippen LogP contribution in [0.15, 0.2) is 24.3 Å². The van der Waals surface area contributed by atoms with Crippen molar-refractivity contribution in [1.82, 2.24) is 0 Å². The van der Waals surface area contributed by atoms with Gasteiger partial charge in [-0.15, -0.1) is 0 Å². The van der Waals surface area contributed by atoms with Crippen LogP contribution in [0.3, 0.4) is 0 Å². The Labute approximate surface area is 91.5 Å². The van der Waals surface area contributed by atoms with Crippen molar-refractivity contribution in [2.24, 2.45) is 5.73 Å². The summed E-state index contributed by atoms with van der Waals surface area (Å²) in [7, 11) is 0. The van der Waals surface area contributed by atoms with Crippen LogP contribution in [0.25, 0.3) is 0 Å². The molecule has 1 atom stereocenters. The van der Waals surface area contributed by atoms with E-state index in [0.717, 1.165) is 18.4 Å². The van der Waals surface area contributed by atoms with Gasteiger partial charge in [-0.25, -0.2) is 0 Å². The van der Waals surface area contributed by atoms with Crippen molar-refractivity contribution in [1.29, 1.82) is 0 Å². The molecule has 2 heteroatoms. The first-order valence-electron chi connectivity index (χ1n) is 5.49. The summed E-state index contributed by atoms with van der Waals surface area (Å²) in [4.78, 5) is 11.8. The van der Waals surface area contributed by atoms with E-state index in [2.05, 4.69) is 6.92 Å². The fourth-order valence-corrected chi connectivity index (χ4v) is 1.57. The van der Waals surface area contributed by atoms with Crippen molar-refractivity contribution in [2.75, 3.05) is 0 Å². The van der Waals surface area contributed by atoms with Gasteiger partial charge in [0.1, 0.15) is 0 Å². The van der Waals surface area contributed by atoms with Gasteiger partial charge >= 0.3 is 0 Å². The third-order valence-electron chi connectivity index (χ3n) is 2.48. The third kappa shape index (κ3) is 3.84. The molecule has 0 aromatic heterocycles. The van der Waals surface area contributed by atoms with E-state index in [-0.39, 0.29) is 11.8 Å². The highest BCUT2D eigenvalue weighted by molar-refractivity contribution is 5.96. The van der Waals surface area contributed by atoms with Crippen molar-refractivity contribution in [3.8, 4) is 0 Å². The summed E-state index contributed by atoms with van der Waals surface area (Å²) >= 11 is 0. The second-order valence-electron chi connectivity index (χ2n) is 4.04. The van der Waals surface area contributed by atoms with Crippen molar-refractivity contribution < 1.29 is 4.79 Å². The van der Waals surface area contributed by atoms with Gasteiger partial charge in [-0.05, 0) is 13.3 Å². The van der Waals surface area contributed by atoms with Gasteiger partial charge in [0.2, 0.25) is 0 Å². The Hall–Kier alpha value is -1.15. The zero-order valence-electron chi connectivity index (χ0n) is 9.49. The Morgan fingerprint density at radius 3 is 2.47 bits per heavy atom. The Morgan fingerprint density at radius 1 is 1.33 bits per heavy atom. The smallest absolute Gasteiger partial charge is 0.164 e. The average Bonchev–Trinajstić information content (AvgIpc) is 2.18. The molecule has 0 radical (unpaired) electrons. The number of hydrogen-bond donors (Lipinski definition) is 1. The fourth-order valence-electron chi connectivity index (χ4n) is 1.57. The van der Waals surface area contributed by atoms with Crippen LogP contribution in [-0.4, -0.2) is 11.8 Å². The monoisotopic (exact) mass is 205 g/mol. The van der Waals surface area contributed by atoms with E-state index in [0.29, 0.717) is 6.42 Å². The first-order chi connectivity index (χ1) is 7.13. The zero-order valence-corrected chi connectivity index (χ0v) is 9.49. The maximum atomic E-state index is 11.8. The minimum Gasteiger partial charge on any atom is -0.327 e. The summed E-state index contributed by atoms with van der Waals surface area (Å²) < 4.78 is 0. The Bertz CT molecular complexity index is 316. The number of carbonyl (C=O) groups excluding carboxylic acids is 1. The van der Waals surface area contributed by atoms with Gasteiger partial charge in [0, 0.05) is 18.0 Å². The van der Waals surface area contributed by atoms with Crippen LogP contribution in [0, 0.1) is 6.92 Å². The van der Waals surface area contributed by atoms with Gasteiger partial charge in [0.25, 0.3) is 0 Å². The molecule has 1 aromatic carbocycles. The molecule has 0 amide bonds. The molecule has 15 heavy (non-hydrogen) atoms. The van der Waals surface area contributed by atoms with E-state index in [1.54, 1.807) is 0 Å². The summed E-state index contributed by atoms with van der Waals surface area (Å²) in [5, 5.41) is 0. The van der Waals surface area contributed by atoms with E-state index in [9.17, 15) is 4.79 Å². The molecule has 2 N–H and O–H groups in total. The van der Waals surface area contributed by atoms with Crippen LogP contribution in [0.1, 0.15) is 42.1 Å². The first-order valence-corrected chi connectivity index (χ1v) is 5.49. The second kappa shape index (κ2) is 5.66. The van der Waals surface area contributed by atoms with Crippen LogP contribution in [0.4, 0.5) is 0 Å². The largest absolute Gasteiger partial charge is 0.327 e. The van der Waals surface area contributed by atoms with Gasteiger partial charge in [0.15, 0.2) is 5.78 Å². The Morgan fingerprint density at radius 2 is 1.93 bits per heavy atom. The van der Waals surface area contributed by atoms with Crippen LogP contribution in [0.5, 0.6) is 0 Å². The molecular weight excluding hydrogens is 186 g/mol. The van der Waals surface area contributed by atoms with Crippen molar-refractivity contribution >= 4 is 5.78 Å². The van der Waals surface area contributed by atoms with Gasteiger partial charge in [-0.1, -0.05) is 43.2 Å². The highest BCUT2D eigenvalue weighted by Crippen LogP contribution is 2.09. The predicted molar refractivity (Wildman–Crippen MR) is 63.0 cm³/mol. The minimum absolute atomic E-state index is 0.00352. The van der Waals surface area contributed by atoms with Crippen molar-refractivity contribution in [3.63, 3.8) is 0 Å². The highest BCUT2D eigenvalue weighted by atomic mass is 16.1. The van der Waals surface area contributed by atoms with Crippen LogP contribution < -0.4 is 5.73 Å². The van der Waals surface area contributed by atoms with Crippen molar-refractivity contribution in [2.45, 2.75) is 39.2 Å². The van der Waals surface area contributed by atoms with Gasteiger partial charge in [-0.3, -0.25) is 4.79 Å². The van der Waals surface area contributed by atoms with Gasteiger partial charge in [0.05, 0.1) is 0 Å². The van der Waals surface area contributed by atoms with Gasteiger partial charge < -0.3 is 5.73 Å². The lowest BCUT2D eigenvalue weighted by molar-refractivity contribution is 0.0973. The Kier molecular flexibility index (Phi) is 4.50. The normalized spacial score (nSPS) is 12.5. The van der Waals surface area contributed by atoms with Crippen LogP contribution in [0.2, 0.25) is 0 Å². The highest BCUT2D eigenvalue weighted by Gasteiger charge is 2.10. The number of aryl methyl sites for hydroxylation is 1. The molecule has 1 rings (SSSR count). The number of hydrogen-bond acceptors (Lipinski definition) is 2. The lowest BCUT2D eigenvalue weighted by atomic mass is 10.0. The summed E-state index contributed by atoms with van der Waals surface area (Å²) in [5.41, 5.74) is 7.77. The standard InChI is InChI=1S/C13H19NO/c1-3-4-12(14)9-13(15)11-7-5-10(2)6-8-11/h5-8,12H,3-4,9,14H2,1-2H3. The molecule has 0 aliphatic rings. The molecule has 1 unspecified atom stereocenters. The van der Waals surface area contributed by atoms with E-state index in [4.69, 9.17) is 5.73 Å². The molecule has 2 nitrogen and oxygen atoms in total. The lowest BCUT2D eigenvalue weighted by Gasteiger charge is -2.08. The molecule has 1 aromatic rings. The minimum atomic E-state index is 0.00352. The summed E-state index contributed by atoms with van der Waals surface area (Å²) in [6.07, 6.45) is 2.40. The number of benzene rings is 1. The van der Waals surface area contributed by atoms with E-state index in [1.807, 2.05) is 31.2 Å². The maximum absolute atomic E-state index is 11.8. The van der Waals surface area contributed by atoms with Gasteiger partial charge in [-0.2, -0.15) is 0 Å². The Balaban J connectivity index is 2.57. The molecule has 82 valence electrons. The average molecular weight is 205 g/mol. The molecule has 0 saturated carbocycles. The van der Waals surface area contributed by atoms with E-state index >= 15 is 0 Å². The number of Topliss-reactive ketones (excluding diaryl/α,β-unsaturated/α-hetero) is 1.